The van der Waals surface area contributed by atoms with E-state index in [1.54, 1.807) is 12.1 Å². The van der Waals surface area contributed by atoms with Gasteiger partial charge < -0.3 is 4.74 Å². The van der Waals surface area contributed by atoms with Gasteiger partial charge in [0.25, 0.3) is 11.5 Å². The van der Waals surface area contributed by atoms with Gasteiger partial charge in [0.05, 0.1) is 15.4 Å². The molecule has 1 aliphatic heterocycles. The number of fused-ring (bicyclic) bond motifs is 1. The monoisotopic (exact) mass is 378 g/mol. The number of non-ortho nitro benzene ring substituents is 1. The minimum Gasteiger partial charge on any atom is -0.475 e. The third-order valence-electron chi connectivity index (χ3n) is 3.71. The van der Waals surface area contributed by atoms with Crippen LogP contribution >= 0.6 is 11.6 Å². The largest absolute Gasteiger partial charge is 0.475 e. The van der Waals surface area contributed by atoms with Gasteiger partial charge >= 0.3 is 5.00 Å². The highest BCUT2D eigenvalue weighted by molar-refractivity contribution is 6.37. The summed E-state index contributed by atoms with van der Waals surface area (Å²) in [5.74, 6) is -0.719. The van der Waals surface area contributed by atoms with Gasteiger partial charge in [-0.1, -0.05) is 26.0 Å². The number of para-hydroxylation sites is 1. The van der Waals surface area contributed by atoms with Gasteiger partial charge in [-0.15, -0.1) is 0 Å². The summed E-state index contributed by atoms with van der Waals surface area (Å²) in [5.41, 5.74) is 0.0140. The van der Waals surface area contributed by atoms with Crippen molar-refractivity contribution in [3.05, 3.63) is 79.9 Å². The molecule has 26 heavy (non-hydrogen) atoms. The minimum atomic E-state index is -2.55. The molecule has 2 aromatic carbocycles. The minimum absolute atomic E-state index is 0.0161. The smallest absolute Gasteiger partial charge is 0.397 e. The molecule has 1 heterocycles. The summed E-state index contributed by atoms with van der Waals surface area (Å²) in [4.78, 5) is 30.8. The molecule has 0 aliphatic carbocycles. The highest BCUT2D eigenvalue weighted by atomic mass is 35.5. The Morgan fingerprint density at radius 2 is 1.62 bits per heavy atom. The summed E-state index contributed by atoms with van der Waals surface area (Å²) in [5, 5.41) is 22.2. The van der Waals surface area contributed by atoms with Gasteiger partial charge in [0.2, 0.25) is 6.10 Å². The second kappa shape index (κ2) is 7.49. The van der Waals surface area contributed by atoms with E-state index in [1.165, 1.54) is 36.4 Å². The van der Waals surface area contributed by atoms with Crippen molar-refractivity contribution in [2.24, 2.45) is 0 Å². The van der Waals surface area contributed by atoms with E-state index >= 15 is 0 Å². The Morgan fingerprint density at radius 3 is 2.15 bits per heavy atom. The van der Waals surface area contributed by atoms with Gasteiger partial charge in [-0.2, -0.15) is 0 Å². The molecule has 0 amide bonds. The van der Waals surface area contributed by atoms with Crippen LogP contribution in [0.3, 0.4) is 0 Å². The summed E-state index contributed by atoms with van der Waals surface area (Å²) < 4.78 is 5.60. The van der Waals surface area contributed by atoms with E-state index in [-0.39, 0.29) is 22.6 Å². The van der Waals surface area contributed by atoms with Gasteiger partial charge in [0, 0.05) is 17.7 Å². The van der Waals surface area contributed by atoms with Crippen molar-refractivity contribution in [3.8, 4) is 5.75 Å². The Bertz CT molecular complexity index is 855. The third kappa shape index (κ3) is 3.11. The molecule has 9 heteroatoms. The number of ether oxygens (including phenoxy) is 1. The summed E-state index contributed by atoms with van der Waals surface area (Å²) >= 11 is 6.08. The topological polar surface area (TPSA) is 113 Å². The van der Waals surface area contributed by atoms with Crippen LogP contribution in [0.1, 0.15) is 35.9 Å². The fourth-order valence-electron chi connectivity index (χ4n) is 2.51. The predicted octanol–water partition coefficient (Wildman–Crippen LogP) is 4.15. The van der Waals surface area contributed by atoms with Crippen molar-refractivity contribution >= 4 is 23.1 Å². The molecular formula is C17H15ClN2O6. The number of hydrogen-bond donors (Lipinski definition) is 0. The lowest BCUT2D eigenvalue weighted by atomic mass is 9.91. The van der Waals surface area contributed by atoms with Gasteiger partial charge in [-0.3, -0.25) is 25.0 Å². The number of nitrogens with zero attached hydrogens (tertiary/aromatic N) is 2. The SMILES string of the molecule is CC.O=C1c2ccccc2OC(c2ccc([N+](=O)[O-])cc2)C1(Cl)[N+](=O)[O-]. The Kier molecular flexibility index (Phi) is 5.56. The van der Waals surface area contributed by atoms with Crippen LogP contribution in [0.4, 0.5) is 5.69 Å². The standard InChI is InChI=1S/C15H9ClN2O6.C2H6/c16-15(18(22)23)13(19)11-3-1-2-4-12(11)24-14(15)9-5-7-10(8-6-9)17(20)21;1-2/h1-8,14H;1-2H3. The van der Waals surface area contributed by atoms with E-state index < -0.39 is 26.7 Å². The molecule has 0 aromatic heterocycles. The molecule has 1 aliphatic rings. The van der Waals surface area contributed by atoms with Crippen molar-refractivity contribution in [2.45, 2.75) is 24.9 Å². The number of halogens is 1. The molecule has 0 saturated carbocycles. The highest BCUT2D eigenvalue weighted by Gasteiger charge is 2.62. The van der Waals surface area contributed by atoms with Crippen molar-refractivity contribution < 1.29 is 19.4 Å². The van der Waals surface area contributed by atoms with Crippen molar-refractivity contribution in [2.75, 3.05) is 0 Å². The lowest BCUT2D eigenvalue weighted by Gasteiger charge is -2.32. The van der Waals surface area contributed by atoms with Crippen LogP contribution in [-0.4, -0.2) is 20.6 Å². The molecule has 2 atom stereocenters. The average molecular weight is 379 g/mol. The number of nitro benzene ring substituents is 1. The summed E-state index contributed by atoms with van der Waals surface area (Å²) in [6, 6.07) is 11.0. The van der Waals surface area contributed by atoms with Crippen LogP contribution in [0.5, 0.6) is 5.75 Å². The van der Waals surface area contributed by atoms with Crippen LogP contribution in [0.15, 0.2) is 48.5 Å². The van der Waals surface area contributed by atoms with Gasteiger partial charge in [-0.05, 0) is 35.9 Å². The van der Waals surface area contributed by atoms with E-state index in [2.05, 4.69) is 0 Å². The molecule has 0 spiro atoms. The molecule has 8 nitrogen and oxygen atoms in total. The lowest BCUT2D eigenvalue weighted by Crippen LogP contribution is -2.51. The molecule has 0 saturated heterocycles. The second-order valence-electron chi connectivity index (χ2n) is 5.10. The first-order valence-corrected chi connectivity index (χ1v) is 8.11. The average Bonchev–Trinajstić information content (AvgIpc) is 2.66. The van der Waals surface area contributed by atoms with Crippen molar-refractivity contribution in [1.29, 1.82) is 0 Å². The first kappa shape index (κ1) is 19.3. The fraction of sp³-hybridized carbons (Fsp3) is 0.235. The number of rotatable bonds is 3. The quantitative estimate of drug-likeness (QED) is 0.343. The highest BCUT2D eigenvalue weighted by Crippen LogP contribution is 2.45. The Morgan fingerprint density at radius 1 is 1.04 bits per heavy atom. The van der Waals surface area contributed by atoms with Crippen LogP contribution < -0.4 is 4.74 Å². The predicted molar refractivity (Wildman–Crippen MR) is 94.2 cm³/mol. The van der Waals surface area contributed by atoms with E-state index in [0.29, 0.717) is 0 Å². The lowest BCUT2D eigenvalue weighted by molar-refractivity contribution is -0.536. The Balaban J connectivity index is 0.00000117. The number of ketones is 1. The number of benzene rings is 2. The third-order valence-corrected chi connectivity index (χ3v) is 4.22. The van der Waals surface area contributed by atoms with Crippen LogP contribution in [0.2, 0.25) is 0 Å². The number of carbonyl (C=O) groups excluding carboxylic acids is 1. The zero-order valence-electron chi connectivity index (χ0n) is 13.9. The fourth-order valence-corrected chi connectivity index (χ4v) is 2.78. The number of hydrogen-bond acceptors (Lipinski definition) is 6. The van der Waals surface area contributed by atoms with E-state index in [4.69, 9.17) is 16.3 Å². The van der Waals surface area contributed by atoms with Crippen molar-refractivity contribution in [1.82, 2.24) is 0 Å². The molecule has 0 fully saturated rings. The van der Waals surface area contributed by atoms with Crippen molar-refractivity contribution in [3.63, 3.8) is 0 Å². The van der Waals surface area contributed by atoms with E-state index in [9.17, 15) is 25.0 Å². The molecule has 0 radical (unpaired) electrons. The number of Topliss-reactive ketones (excluding diaryl/α,β-unsaturated/α-hetero) is 1. The second-order valence-corrected chi connectivity index (χ2v) is 5.68. The molecule has 0 bridgehead atoms. The van der Waals surface area contributed by atoms with Gasteiger partial charge in [0.1, 0.15) is 5.75 Å². The number of carbonyl (C=O) groups is 1. The van der Waals surface area contributed by atoms with Gasteiger partial charge in [-0.25, -0.2) is 0 Å². The normalized spacial score (nSPS) is 20.9. The molecular weight excluding hydrogens is 364 g/mol. The Labute approximate surface area is 153 Å². The first-order chi connectivity index (χ1) is 12.4. The van der Waals surface area contributed by atoms with Crippen LogP contribution in [0, 0.1) is 20.2 Å². The molecule has 2 aromatic rings. The van der Waals surface area contributed by atoms with E-state index in [1.807, 2.05) is 13.8 Å². The number of nitro groups is 2. The van der Waals surface area contributed by atoms with E-state index in [0.717, 1.165) is 0 Å². The maximum Gasteiger partial charge on any atom is 0.397 e. The summed E-state index contributed by atoms with van der Waals surface area (Å²) in [6.45, 7) is 4.00. The summed E-state index contributed by atoms with van der Waals surface area (Å²) in [7, 11) is 0. The first-order valence-electron chi connectivity index (χ1n) is 7.74. The van der Waals surface area contributed by atoms with Crippen LogP contribution in [0.25, 0.3) is 0 Å². The maximum absolute atomic E-state index is 12.6. The molecule has 3 rings (SSSR count). The van der Waals surface area contributed by atoms with Gasteiger partial charge in [0.15, 0.2) is 0 Å². The number of alkyl halides is 1. The zero-order chi connectivity index (χ0) is 19.5. The summed E-state index contributed by atoms with van der Waals surface area (Å²) in [6.07, 6.45) is -1.42. The zero-order valence-corrected chi connectivity index (χ0v) is 14.7. The maximum atomic E-state index is 12.6. The molecule has 136 valence electrons. The Hall–Kier alpha value is -3.00. The molecule has 2 unspecified atom stereocenters. The van der Waals surface area contributed by atoms with Crippen LogP contribution in [-0.2, 0) is 0 Å². The molecule has 0 N–H and O–H groups in total.